The van der Waals surface area contributed by atoms with Gasteiger partial charge in [0.2, 0.25) is 0 Å². The molecule has 0 atom stereocenters. The summed E-state index contributed by atoms with van der Waals surface area (Å²) < 4.78 is 5.02. The molecule has 1 aromatic rings. The number of hydrogen-bond acceptors (Lipinski definition) is 4. The first-order valence-electron chi connectivity index (χ1n) is 6.49. The van der Waals surface area contributed by atoms with E-state index in [1.54, 1.807) is 18.9 Å². The Labute approximate surface area is 115 Å². The lowest BCUT2D eigenvalue weighted by Gasteiger charge is -2.07. The standard InChI is InChI=1S/C14H24N2OS/c1-12(2)9-15-10-13-5-6-14(16-11-13)18-8-4-7-17-3/h5-6,11-12,15H,4,7-10H2,1-3H3. The van der Waals surface area contributed by atoms with Gasteiger partial charge in [0, 0.05) is 32.2 Å². The topological polar surface area (TPSA) is 34.1 Å². The van der Waals surface area contributed by atoms with Crippen LogP contribution in [0.25, 0.3) is 0 Å². The summed E-state index contributed by atoms with van der Waals surface area (Å²) in [5, 5.41) is 4.51. The van der Waals surface area contributed by atoms with E-state index in [1.165, 1.54) is 5.56 Å². The van der Waals surface area contributed by atoms with Gasteiger partial charge in [0.15, 0.2) is 0 Å². The van der Waals surface area contributed by atoms with Gasteiger partial charge in [-0.25, -0.2) is 4.98 Å². The van der Waals surface area contributed by atoms with E-state index in [1.807, 2.05) is 6.20 Å². The van der Waals surface area contributed by atoms with E-state index in [0.717, 1.165) is 36.9 Å². The van der Waals surface area contributed by atoms with Crippen molar-refractivity contribution in [3.8, 4) is 0 Å². The van der Waals surface area contributed by atoms with Crippen LogP contribution in [-0.4, -0.2) is 31.0 Å². The predicted molar refractivity (Wildman–Crippen MR) is 78.0 cm³/mol. The molecule has 0 bridgehead atoms. The Morgan fingerprint density at radius 3 is 2.83 bits per heavy atom. The molecule has 0 radical (unpaired) electrons. The Kier molecular flexibility index (Phi) is 8.05. The van der Waals surface area contributed by atoms with Crippen molar-refractivity contribution in [3.63, 3.8) is 0 Å². The minimum absolute atomic E-state index is 0.688. The molecule has 18 heavy (non-hydrogen) atoms. The summed E-state index contributed by atoms with van der Waals surface area (Å²) in [6, 6.07) is 4.25. The SMILES string of the molecule is COCCCSc1ccc(CNCC(C)C)cn1. The number of nitrogens with zero attached hydrogens (tertiary/aromatic N) is 1. The summed E-state index contributed by atoms with van der Waals surface area (Å²) in [5.41, 5.74) is 1.25. The molecule has 0 aliphatic heterocycles. The lowest BCUT2D eigenvalue weighted by Crippen LogP contribution is -2.18. The zero-order valence-corrected chi connectivity index (χ0v) is 12.4. The minimum atomic E-state index is 0.688. The van der Waals surface area contributed by atoms with Crippen molar-refractivity contribution < 1.29 is 4.74 Å². The Bertz CT molecular complexity index is 314. The van der Waals surface area contributed by atoms with E-state index >= 15 is 0 Å². The van der Waals surface area contributed by atoms with Gasteiger partial charge in [-0.15, -0.1) is 11.8 Å². The molecule has 1 aromatic heterocycles. The van der Waals surface area contributed by atoms with Gasteiger partial charge in [-0.1, -0.05) is 19.9 Å². The molecule has 0 spiro atoms. The largest absolute Gasteiger partial charge is 0.385 e. The zero-order chi connectivity index (χ0) is 13.2. The zero-order valence-electron chi connectivity index (χ0n) is 11.6. The molecule has 102 valence electrons. The van der Waals surface area contributed by atoms with Gasteiger partial charge in [0.05, 0.1) is 5.03 Å². The monoisotopic (exact) mass is 268 g/mol. The van der Waals surface area contributed by atoms with E-state index < -0.39 is 0 Å². The molecule has 0 aliphatic carbocycles. The van der Waals surface area contributed by atoms with E-state index in [4.69, 9.17) is 4.74 Å². The second-order valence-corrected chi connectivity index (χ2v) is 5.84. The fraction of sp³-hybridized carbons (Fsp3) is 0.643. The van der Waals surface area contributed by atoms with Gasteiger partial charge < -0.3 is 10.1 Å². The fourth-order valence-corrected chi connectivity index (χ4v) is 2.25. The van der Waals surface area contributed by atoms with E-state index in [9.17, 15) is 0 Å². The van der Waals surface area contributed by atoms with Crippen molar-refractivity contribution in [1.29, 1.82) is 0 Å². The molecule has 0 saturated carbocycles. The maximum atomic E-state index is 5.02. The van der Waals surface area contributed by atoms with Crippen LogP contribution in [0.2, 0.25) is 0 Å². The second-order valence-electron chi connectivity index (χ2n) is 4.72. The Morgan fingerprint density at radius 2 is 2.22 bits per heavy atom. The Morgan fingerprint density at radius 1 is 1.39 bits per heavy atom. The molecule has 1 heterocycles. The number of rotatable bonds is 9. The predicted octanol–water partition coefficient (Wildman–Crippen LogP) is 2.96. The first-order chi connectivity index (χ1) is 8.72. The molecule has 4 heteroatoms. The third kappa shape index (κ3) is 6.99. The number of aromatic nitrogens is 1. The van der Waals surface area contributed by atoms with Crippen molar-refractivity contribution in [2.24, 2.45) is 5.92 Å². The highest BCUT2D eigenvalue weighted by Crippen LogP contribution is 2.16. The average Bonchev–Trinajstić information content (AvgIpc) is 2.36. The molecule has 0 aliphatic rings. The molecule has 1 N–H and O–H groups in total. The first-order valence-corrected chi connectivity index (χ1v) is 7.48. The normalized spacial score (nSPS) is 11.1. The van der Waals surface area contributed by atoms with Gasteiger partial charge in [-0.3, -0.25) is 0 Å². The highest BCUT2D eigenvalue weighted by Gasteiger charge is 1.98. The van der Waals surface area contributed by atoms with Crippen LogP contribution < -0.4 is 5.32 Å². The van der Waals surface area contributed by atoms with Crippen LogP contribution in [0.1, 0.15) is 25.8 Å². The van der Waals surface area contributed by atoms with Crippen LogP contribution in [0.5, 0.6) is 0 Å². The van der Waals surface area contributed by atoms with Crippen molar-refractivity contribution in [3.05, 3.63) is 23.9 Å². The van der Waals surface area contributed by atoms with Crippen LogP contribution in [0, 0.1) is 5.92 Å². The summed E-state index contributed by atoms with van der Waals surface area (Å²) in [6.45, 7) is 7.20. The molecular weight excluding hydrogens is 244 g/mol. The number of hydrogen-bond donors (Lipinski definition) is 1. The fourth-order valence-electron chi connectivity index (χ4n) is 1.49. The lowest BCUT2D eigenvalue weighted by molar-refractivity contribution is 0.200. The van der Waals surface area contributed by atoms with Gasteiger partial charge in [-0.05, 0) is 30.5 Å². The van der Waals surface area contributed by atoms with Gasteiger partial charge in [0.25, 0.3) is 0 Å². The molecule has 3 nitrogen and oxygen atoms in total. The molecule has 0 unspecified atom stereocenters. The molecule has 0 aromatic carbocycles. The molecular formula is C14H24N2OS. The van der Waals surface area contributed by atoms with Gasteiger partial charge >= 0.3 is 0 Å². The van der Waals surface area contributed by atoms with Crippen molar-refractivity contribution in [2.45, 2.75) is 31.8 Å². The highest BCUT2D eigenvalue weighted by molar-refractivity contribution is 7.99. The smallest absolute Gasteiger partial charge is 0.0960 e. The van der Waals surface area contributed by atoms with Crippen LogP contribution in [0.4, 0.5) is 0 Å². The van der Waals surface area contributed by atoms with Crippen molar-refractivity contribution in [1.82, 2.24) is 10.3 Å². The number of ether oxygens (including phenoxy) is 1. The highest BCUT2D eigenvalue weighted by atomic mass is 32.2. The summed E-state index contributed by atoms with van der Waals surface area (Å²) in [6.07, 6.45) is 3.03. The Hall–Kier alpha value is -0.580. The van der Waals surface area contributed by atoms with Crippen LogP contribution >= 0.6 is 11.8 Å². The maximum absolute atomic E-state index is 5.02. The van der Waals surface area contributed by atoms with Gasteiger partial charge in [0.1, 0.15) is 0 Å². The third-order valence-electron chi connectivity index (χ3n) is 2.42. The van der Waals surface area contributed by atoms with Crippen molar-refractivity contribution in [2.75, 3.05) is 26.0 Å². The maximum Gasteiger partial charge on any atom is 0.0960 e. The number of thioether (sulfide) groups is 1. The minimum Gasteiger partial charge on any atom is -0.385 e. The molecule has 0 saturated heterocycles. The van der Waals surface area contributed by atoms with Gasteiger partial charge in [-0.2, -0.15) is 0 Å². The third-order valence-corrected chi connectivity index (χ3v) is 3.45. The average molecular weight is 268 g/mol. The number of pyridine rings is 1. The Balaban J connectivity index is 2.24. The first kappa shape index (κ1) is 15.5. The van der Waals surface area contributed by atoms with Crippen LogP contribution in [0.3, 0.4) is 0 Å². The van der Waals surface area contributed by atoms with Crippen LogP contribution in [-0.2, 0) is 11.3 Å². The lowest BCUT2D eigenvalue weighted by atomic mass is 10.2. The molecule has 0 fully saturated rings. The number of nitrogens with one attached hydrogen (secondary N) is 1. The van der Waals surface area contributed by atoms with E-state index in [-0.39, 0.29) is 0 Å². The summed E-state index contributed by atoms with van der Waals surface area (Å²) in [4.78, 5) is 4.46. The summed E-state index contributed by atoms with van der Waals surface area (Å²) in [7, 11) is 1.74. The van der Waals surface area contributed by atoms with E-state index in [0.29, 0.717) is 5.92 Å². The molecule has 1 rings (SSSR count). The quantitative estimate of drug-likeness (QED) is 0.551. The summed E-state index contributed by atoms with van der Waals surface area (Å²) in [5.74, 6) is 1.75. The van der Waals surface area contributed by atoms with Crippen molar-refractivity contribution >= 4 is 11.8 Å². The van der Waals surface area contributed by atoms with Crippen LogP contribution in [0.15, 0.2) is 23.4 Å². The van der Waals surface area contributed by atoms with E-state index in [2.05, 4.69) is 36.3 Å². The molecule has 0 amide bonds. The second kappa shape index (κ2) is 9.36. The summed E-state index contributed by atoms with van der Waals surface area (Å²) >= 11 is 1.79. The number of methoxy groups -OCH3 is 1.